The maximum Gasteiger partial charge on any atom is 0.0302 e. The van der Waals surface area contributed by atoms with Crippen molar-refractivity contribution in [3.8, 4) is 0 Å². The smallest absolute Gasteiger partial charge is 0.0302 e. The minimum absolute atomic E-state index is 0.511. The molecule has 1 aromatic rings. The lowest BCUT2D eigenvalue weighted by Crippen LogP contribution is -2.36. The zero-order valence-electron chi connectivity index (χ0n) is 11.3. The van der Waals surface area contributed by atoms with Crippen LogP contribution in [0, 0.1) is 11.8 Å². The van der Waals surface area contributed by atoms with Crippen LogP contribution in [0.1, 0.15) is 58.1 Å². The molecule has 0 aliphatic heterocycles. The summed E-state index contributed by atoms with van der Waals surface area (Å²) >= 11 is 1.80. The molecule has 1 saturated carbocycles. The van der Waals surface area contributed by atoms with Gasteiger partial charge < -0.3 is 5.32 Å². The molecule has 1 aromatic heterocycles. The maximum atomic E-state index is 3.81. The van der Waals surface area contributed by atoms with Crippen molar-refractivity contribution in [3.63, 3.8) is 0 Å². The molecule has 2 heteroatoms. The normalized spacial score (nSPS) is 27.3. The second kappa shape index (κ2) is 6.01. The third-order valence-electron chi connectivity index (χ3n) is 4.19. The van der Waals surface area contributed by atoms with Gasteiger partial charge in [-0.1, -0.05) is 26.7 Å². The van der Waals surface area contributed by atoms with Gasteiger partial charge in [-0.3, -0.25) is 0 Å². The van der Waals surface area contributed by atoms with Crippen molar-refractivity contribution in [2.75, 3.05) is 0 Å². The zero-order valence-corrected chi connectivity index (χ0v) is 12.1. The molecule has 3 unspecified atom stereocenters. The van der Waals surface area contributed by atoms with E-state index in [-0.39, 0.29) is 0 Å². The van der Waals surface area contributed by atoms with E-state index in [9.17, 15) is 0 Å². The maximum absolute atomic E-state index is 3.81. The highest BCUT2D eigenvalue weighted by Crippen LogP contribution is 2.31. The first-order valence-electron chi connectivity index (χ1n) is 6.95. The Morgan fingerprint density at radius 1 is 1.29 bits per heavy atom. The highest BCUT2D eigenvalue weighted by Gasteiger charge is 2.25. The van der Waals surface area contributed by atoms with Crippen molar-refractivity contribution >= 4 is 11.3 Å². The molecular weight excluding hydrogens is 226 g/mol. The highest BCUT2D eigenvalue weighted by atomic mass is 32.1. The van der Waals surface area contributed by atoms with Gasteiger partial charge in [-0.15, -0.1) is 0 Å². The van der Waals surface area contributed by atoms with Crippen LogP contribution in [0.2, 0.25) is 0 Å². The number of thiophene rings is 1. The Kier molecular flexibility index (Phi) is 4.63. The zero-order chi connectivity index (χ0) is 12.3. The Morgan fingerprint density at radius 2 is 2.12 bits per heavy atom. The Morgan fingerprint density at radius 3 is 2.76 bits per heavy atom. The first kappa shape index (κ1) is 13.1. The molecule has 1 N–H and O–H groups in total. The van der Waals surface area contributed by atoms with Crippen molar-refractivity contribution in [2.45, 2.75) is 58.5 Å². The molecule has 2 rings (SSSR count). The lowest BCUT2D eigenvalue weighted by atomic mass is 9.79. The summed E-state index contributed by atoms with van der Waals surface area (Å²) in [6.45, 7) is 7.03. The lowest BCUT2D eigenvalue weighted by molar-refractivity contribution is 0.223. The summed E-state index contributed by atoms with van der Waals surface area (Å²) in [4.78, 5) is 0. The number of rotatable bonds is 4. The molecule has 3 atom stereocenters. The van der Waals surface area contributed by atoms with E-state index in [0.29, 0.717) is 6.04 Å². The lowest BCUT2D eigenvalue weighted by Gasteiger charge is -2.33. The van der Waals surface area contributed by atoms with Crippen molar-refractivity contribution in [1.29, 1.82) is 0 Å². The second-order valence-corrected chi connectivity index (χ2v) is 6.59. The number of hydrogen-bond donors (Lipinski definition) is 1. The molecule has 0 amide bonds. The molecular formula is C15H25NS. The molecule has 0 radical (unpaired) electrons. The van der Waals surface area contributed by atoms with E-state index in [2.05, 4.69) is 42.9 Å². The van der Waals surface area contributed by atoms with Gasteiger partial charge >= 0.3 is 0 Å². The first-order valence-corrected chi connectivity index (χ1v) is 7.89. The minimum atomic E-state index is 0.511. The van der Waals surface area contributed by atoms with Crippen molar-refractivity contribution in [2.24, 2.45) is 11.8 Å². The SMILES string of the molecule is CC(NC1CCCC(C(C)C)C1)c1ccsc1. The molecule has 0 bridgehead atoms. The molecule has 1 nitrogen and oxygen atoms in total. The van der Waals surface area contributed by atoms with Gasteiger partial charge in [-0.05, 0) is 54.0 Å². The third-order valence-corrected chi connectivity index (χ3v) is 4.89. The monoisotopic (exact) mass is 251 g/mol. The van der Waals surface area contributed by atoms with Crippen molar-refractivity contribution < 1.29 is 0 Å². The van der Waals surface area contributed by atoms with E-state index >= 15 is 0 Å². The standard InChI is InChI=1S/C15H25NS/c1-11(2)13-5-4-6-15(9-13)16-12(3)14-7-8-17-10-14/h7-8,10-13,15-16H,4-6,9H2,1-3H3. The largest absolute Gasteiger partial charge is 0.307 e. The average Bonchev–Trinajstić information content (AvgIpc) is 2.82. The molecule has 1 aliphatic rings. The van der Waals surface area contributed by atoms with Crippen molar-refractivity contribution in [3.05, 3.63) is 22.4 Å². The summed E-state index contributed by atoms with van der Waals surface area (Å²) in [5.41, 5.74) is 1.45. The Labute approximate surface area is 110 Å². The Balaban J connectivity index is 1.86. The molecule has 96 valence electrons. The summed E-state index contributed by atoms with van der Waals surface area (Å²) in [5.74, 6) is 1.77. The van der Waals surface area contributed by atoms with Crippen LogP contribution in [-0.4, -0.2) is 6.04 Å². The Bertz CT molecular complexity index is 318. The van der Waals surface area contributed by atoms with Crippen LogP contribution < -0.4 is 5.32 Å². The van der Waals surface area contributed by atoms with Crippen molar-refractivity contribution in [1.82, 2.24) is 5.32 Å². The molecule has 17 heavy (non-hydrogen) atoms. The topological polar surface area (TPSA) is 12.0 Å². The average molecular weight is 251 g/mol. The van der Waals surface area contributed by atoms with Crippen LogP contribution in [0.5, 0.6) is 0 Å². The predicted molar refractivity (Wildman–Crippen MR) is 76.5 cm³/mol. The molecule has 1 heterocycles. The van der Waals surface area contributed by atoms with Crippen LogP contribution in [0.15, 0.2) is 16.8 Å². The summed E-state index contributed by atoms with van der Waals surface area (Å²) in [5, 5.41) is 8.25. The quantitative estimate of drug-likeness (QED) is 0.823. The van der Waals surface area contributed by atoms with Gasteiger partial charge in [0.1, 0.15) is 0 Å². The van der Waals surface area contributed by atoms with Crippen LogP contribution in [0.3, 0.4) is 0 Å². The second-order valence-electron chi connectivity index (χ2n) is 5.81. The summed E-state index contributed by atoms with van der Waals surface area (Å²) in [6, 6.07) is 3.48. The van der Waals surface area contributed by atoms with E-state index in [4.69, 9.17) is 0 Å². The van der Waals surface area contributed by atoms with Gasteiger partial charge in [0, 0.05) is 12.1 Å². The van der Waals surface area contributed by atoms with Gasteiger partial charge in [-0.25, -0.2) is 0 Å². The predicted octanol–water partition coefficient (Wildman–Crippen LogP) is 4.61. The van der Waals surface area contributed by atoms with Gasteiger partial charge in [0.25, 0.3) is 0 Å². The van der Waals surface area contributed by atoms with Crippen LogP contribution in [0.25, 0.3) is 0 Å². The summed E-state index contributed by atoms with van der Waals surface area (Å²) in [7, 11) is 0. The Hall–Kier alpha value is -0.340. The van der Waals surface area contributed by atoms with Gasteiger partial charge in [-0.2, -0.15) is 11.3 Å². The van der Waals surface area contributed by atoms with E-state index in [1.807, 2.05) is 0 Å². The molecule has 0 saturated heterocycles. The highest BCUT2D eigenvalue weighted by molar-refractivity contribution is 7.07. The van der Waals surface area contributed by atoms with E-state index in [1.165, 1.54) is 31.2 Å². The molecule has 1 aliphatic carbocycles. The van der Waals surface area contributed by atoms with Gasteiger partial charge in [0.05, 0.1) is 0 Å². The van der Waals surface area contributed by atoms with Crippen LogP contribution in [-0.2, 0) is 0 Å². The first-order chi connectivity index (χ1) is 8.16. The van der Waals surface area contributed by atoms with Gasteiger partial charge in [0.15, 0.2) is 0 Å². The number of hydrogen-bond acceptors (Lipinski definition) is 2. The fourth-order valence-corrected chi connectivity index (χ4v) is 3.71. The van der Waals surface area contributed by atoms with Crippen LogP contribution >= 0.6 is 11.3 Å². The van der Waals surface area contributed by atoms with E-state index in [0.717, 1.165) is 17.9 Å². The fraction of sp³-hybridized carbons (Fsp3) is 0.733. The third kappa shape index (κ3) is 3.56. The molecule has 0 spiro atoms. The minimum Gasteiger partial charge on any atom is -0.307 e. The van der Waals surface area contributed by atoms with E-state index < -0.39 is 0 Å². The summed E-state index contributed by atoms with van der Waals surface area (Å²) < 4.78 is 0. The van der Waals surface area contributed by atoms with E-state index in [1.54, 1.807) is 11.3 Å². The van der Waals surface area contributed by atoms with Gasteiger partial charge in [0.2, 0.25) is 0 Å². The van der Waals surface area contributed by atoms with Crippen LogP contribution in [0.4, 0.5) is 0 Å². The summed E-state index contributed by atoms with van der Waals surface area (Å²) in [6.07, 6.45) is 5.56. The number of nitrogens with one attached hydrogen (secondary N) is 1. The molecule has 0 aromatic carbocycles. The fourth-order valence-electron chi connectivity index (χ4n) is 2.96. The molecule has 1 fully saturated rings.